The van der Waals surface area contributed by atoms with E-state index in [4.69, 9.17) is 0 Å². The van der Waals surface area contributed by atoms with E-state index in [0.29, 0.717) is 19.6 Å². The van der Waals surface area contributed by atoms with Crippen LogP contribution >= 0.6 is 0 Å². The SMILES string of the molecule is CC(C)NC(=O)N1CCN(Cc2ccncc2)[C@@H]2CS(=O)(=O)C[C@@H]21. The minimum atomic E-state index is -3.12. The van der Waals surface area contributed by atoms with Gasteiger partial charge in [-0.2, -0.15) is 0 Å². The molecule has 2 atom stereocenters. The van der Waals surface area contributed by atoms with Crippen molar-refractivity contribution < 1.29 is 13.2 Å². The number of hydrogen-bond acceptors (Lipinski definition) is 5. The molecular weight excluding hydrogens is 328 g/mol. The molecule has 1 aromatic heterocycles. The van der Waals surface area contributed by atoms with Crippen LogP contribution in [0.3, 0.4) is 0 Å². The molecule has 2 aliphatic heterocycles. The molecule has 0 aliphatic carbocycles. The molecule has 2 amide bonds. The molecule has 8 heteroatoms. The van der Waals surface area contributed by atoms with Gasteiger partial charge in [0.15, 0.2) is 9.84 Å². The molecule has 0 aromatic carbocycles. The third kappa shape index (κ3) is 3.70. The Morgan fingerprint density at radius 1 is 1.25 bits per heavy atom. The number of nitrogens with zero attached hydrogens (tertiary/aromatic N) is 3. The van der Waals surface area contributed by atoms with Crippen molar-refractivity contribution in [1.82, 2.24) is 20.1 Å². The van der Waals surface area contributed by atoms with Crippen LogP contribution in [0, 0.1) is 0 Å². The largest absolute Gasteiger partial charge is 0.336 e. The van der Waals surface area contributed by atoms with Gasteiger partial charge in [-0.1, -0.05) is 0 Å². The number of hydrogen-bond donors (Lipinski definition) is 1. The Kier molecular flexibility index (Phi) is 4.78. The molecule has 132 valence electrons. The molecule has 0 radical (unpaired) electrons. The van der Waals surface area contributed by atoms with Gasteiger partial charge < -0.3 is 10.2 Å². The first-order chi connectivity index (χ1) is 11.4. The van der Waals surface area contributed by atoms with Crippen LogP contribution in [-0.2, 0) is 16.4 Å². The second kappa shape index (κ2) is 6.68. The minimum absolute atomic E-state index is 0.0313. The van der Waals surface area contributed by atoms with Crippen LogP contribution in [0.15, 0.2) is 24.5 Å². The Morgan fingerprint density at radius 3 is 2.58 bits per heavy atom. The monoisotopic (exact) mass is 352 g/mol. The highest BCUT2D eigenvalue weighted by molar-refractivity contribution is 7.91. The lowest BCUT2D eigenvalue weighted by atomic mass is 10.0. The second-order valence-electron chi connectivity index (χ2n) is 6.84. The predicted molar refractivity (Wildman–Crippen MR) is 91.3 cm³/mol. The van der Waals surface area contributed by atoms with E-state index in [1.54, 1.807) is 17.3 Å². The van der Waals surface area contributed by atoms with Gasteiger partial charge in [0.05, 0.1) is 17.5 Å². The summed E-state index contributed by atoms with van der Waals surface area (Å²) in [5, 5.41) is 2.88. The summed E-state index contributed by atoms with van der Waals surface area (Å²) in [5.74, 6) is 0.171. The summed E-state index contributed by atoms with van der Waals surface area (Å²) >= 11 is 0. The Morgan fingerprint density at radius 2 is 1.92 bits per heavy atom. The quantitative estimate of drug-likeness (QED) is 0.856. The lowest BCUT2D eigenvalue weighted by molar-refractivity contribution is 0.0600. The van der Waals surface area contributed by atoms with Crippen molar-refractivity contribution >= 4 is 15.9 Å². The maximum absolute atomic E-state index is 12.4. The van der Waals surface area contributed by atoms with Gasteiger partial charge in [0.1, 0.15) is 0 Å². The fourth-order valence-corrected chi connectivity index (χ4v) is 5.54. The number of fused-ring (bicyclic) bond motifs is 1. The highest BCUT2D eigenvalue weighted by Gasteiger charge is 2.47. The number of urea groups is 1. The number of rotatable bonds is 3. The van der Waals surface area contributed by atoms with E-state index in [1.165, 1.54) is 0 Å². The molecule has 24 heavy (non-hydrogen) atoms. The van der Waals surface area contributed by atoms with Crippen LogP contribution in [0.25, 0.3) is 0 Å². The van der Waals surface area contributed by atoms with Gasteiger partial charge in [-0.3, -0.25) is 9.88 Å². The van der Waals surface area contributed by atoms with E-state index < -0.39 is 9.84 Å². The normalized spacial score (nSPS) is 26.4. The zero-order valence-electron chi connectivity index (χ0n) is 14.1. The Bertz CT molecular complexity index is 693. The third-order valence-electron chi connectivity index (χ3n) is 4.60. The maximum Gasteiger partial charge on any atom is 0.317 e. The molecule has 2 saturated heterocycles. The van der Waals surface area contributed by atoms with Crippen LogP contribution in [-0.4, -0.2) is 72.0 Å². The number of pyridine rings is 1. The first kappa shape index (κ1) is 17.2. The molecule has 1 N–H and O–H groups in total. The summed E-state index contributed by atoms with van der Waals surface area (Å²) in [5.41, 5.74) is 1.10. The van der Waals surface area contributed by atoms with E-state index in [0.717, 1.165) is 5.56 Å². The number of aromatic nitrogens is 1. The van der Waals surface area contributed by atoms with Gasteiger partial charge in [0.2, 0.25) is 0 Å². The van der Waals surface area contributed by atoms with Crippen molar-refractivity contribution in [2.24, 2.45) is 0 Å². The van der Waals surface area contributed by atoms with Crippen LogP contribution < -0.4 is 5.32 Å². The highest BCUT2D eigenvalue weighted by atomic mass is 32.2. The average Bonchev–Trinajstić information content (AvgIpc) is 2.83. The van der Waals surface area contributed by atoms with E-state index >= 15 is 0 Å². The maximum atomic E-state index is 12.4. The van der Waals surface area contributed by atoms with Crippen molar-refractivity contribution in [2.75, 3.05) is 24.6 Å². The second-order valence-corrected chi connectivity index (χ2v) is 8.99. The molecule has 2 aliphatic rings. The van der Waals surface area contributed by atoms with Crippen LogP contribution in [0.1, 0.15) is 19.4 Å². The van der Waals surface area contributed by atoms with Gasteiger partial charge in [-0.15, -0.1) is 0 Å². The number of sulfone groups is 1. The fourth-order valence-electron chi connectivity index (χ4n) is 3.53. The minimum Gasteiger partial charge on any atom is -0.336 e. The summed E-state index contributed by atoms with van der Waals surface area (Å²) in [4.78, 5) is 20.3. The number of amides is 2. The van der Waals surface area contributed by atoms with Crippen molar-refractivity contribution in [3.05, 3.63) is 30.1 Å². The first-order valence-corrected chi connectivity index (χ1v) is 10.1. The van der Waals surface area contributed by atoms with Crippen molar-refractivity contribution in [3.8, 4) is 0 Å². The molecule has 0 unspecified atom stereocenters. The molecule has 1 aromatic rings. The van der Waals surface area contributed by atoms with Gasteiger partial charge in [0.25, 0.3) is 0 Å². The fraction of sp³-hybridized carbons (Fsp3) is 0.625. The Hall–Kier alpha value is -1.67. The molecule has 2 fully saturated rings. The van der Waals surface area contributed by atoms with Crippen LogP contribution in [0.2, 0.25) is 0 Å². The summed E-state index contributed by atoms with van der Waals surface area (Å²) in [6.07, 6.45) is 3.48. The van der Waals surface area contributed by atoms with E-state index in [1.807, 2.05) is 26.0 Å². The predicted octanol–water partition coefficient (Wildman–Crippen LogP) is 0.483. The van der Waals surface area contributed by atoms with Gasteiger partial charge in [0, 0.05) is 44.1 Å². The molecule has 0 bridgehead atoms. The summed E-state index contributed by atoms with van der Waals surface area (Å²) in [7, 11) is -3.12. The topological polar surface area (TPSA) is 82.6 Å². The van der Waals surface area contributed by atoms with Gasteiger partial charge >= 0.3 is 6.03 Å². The van der Waals surface area contributed by atoms with Gasteiger partial charge in [-0.25, -0.2) is 13.2 Å². The third-order valence-corrected chi connectivity index (χ3v) is 6.30. The zero-order valence-corrected chi connectivity index (χ0v) is 14.9. The summed E-state index contributed by atoms with van der Waals surface area (Å²) < 4.78 is 24.4. The smallest absolute Gasteiger partial charge is 0.317 e. The lowest BCUT2D eigenvalue weighted by Crippen LogP contribution is -2.62. The Labute approximate surface area is 143 Å². The van der Waals surface area contributed by atoms with E-state index in [9.17, 15) is 13.2 Å². The van der Waals surface area contributed by atoms with Crippen molar-refractivity contribution in [3.63, 3.8) is 0 Å². The number of piperazine rings is 1. The van der Waals surface area contributed by atoms with Crippen LogP contribution in [0.5, 0.6) is 0 Å². The van der Waals surface area contributed by atoms with Gasteiger partial charge in [-0.05, 0) is 31.5 Å². The average molecular weight is 352 g/mol. The molecule has 0 saturated carbocycles. The number of nitrogens with one attached hydrogen (secondary N) is 1. The van der Waals surface area contributed by atoms with Crippen LogP contribution in [0.4, 0.5) is 4.79 Å². The van der Waals surface area contributed by atoms with Crippen molar-refractivity contribution in [2.45, 2.75) is 38.5 Å². The first-order valence-electron chi connectivity index (χ1n) is 8.26. The molecular formula is C16H24N4O3S. The zero-order chi connectivity index (χ0) is 17.3. The standard InChI is InChI=1S/C16H24N4O3S/c1-12(2)18-16(21)20-8-7-19(9-13-3-5-17-6-4-13)14-10-24(22,23)11-15(14)20/h3-6,12,14-15H,7-11H2,1-2H3,(H,18,21)/t14-,15+/m1/s1. The Balaban J connectivity index is 1.78. The molecule has 7 nitrogen and oxygen atoms in total. The number of carbonyl (C=O) groups excluding carboxylic acids is 1. The highest BCUT2D eigenvalue weighted by Crippen LogP contribution is 2.28. The van der Waals surface area contributed by atoms with E-state index in [2.05, 4.69) is 15.2 Å². The number of carbonyl (C=O) groups is 1. The van der Waals surface area contributed by atoms with Crippen molar-refractivity contribution in [1.29, 1.82) is 0 Å². The molecule has 3 rings (SSSR count). The van der Waals surface area contributed by atoms with E-state index in [-0.39, 0.29) is 35.7 Å². The summed E-state index contributed by atoms with van der Waals surface area (Å²) in [6, 6.07) is 3.33. The molecule has 0 spiro atoms. The molecule has 3 heterocycles. The summed E-state index contributed by atoms with van der Waals surface area (Å²) in [6.45, 7) is 5.70. The lowest BCUT2D eigenvalue weighted by Gasteiger charge is -2.44.